The Morgan fingerprint density at radius 1 is 1.55 bits per heavy atom. The van der Waals surface area contributed by atoms with Crippen LogP contribution in [0.15, 0.2) is 12.3 Å². The average Bonchev–Trinajstić information content (AvgIpc) is 2.40. The number of carbonyl (C=O) groups excluding carboxylic acids is 1. The summed E-state index contributed by atoms with van der Waals surface area (Å²) in [5.74, 6) is 0.810. The van der Waals surface area contributed by atoms with E-state index in [1.165, 1.54) is 11.1 Å². The number of nitrogen functional groups attached to an aromatic ring is 1. The molecule has 20 heavy (non-hydrogen) atoms. The number of pyridine rings is 1. The van der Waals surface area contributed by atoms with E-state index in [0.29, 0.717) is 29.2 Å². The van der Waals surface area contributed by atoms with Gasteiger partial charge in [0.15, 0.2) is 9.84 Å². The highest BCUT2D eigenvalue weighted by molar-refractivity contribution is 8.00. The number of hydrogen-bond donors (Lipinski definition) is 1. The van der Waals surface area contributed by atoms with E-state index in [-0.39, 0.29) is 5.91 Å². The predicted molar refractivity (Wildman–Crippen MR) is 80.4 cm³/mol. The van der Waals surface area contributed by atoms with Gasteiger partial charge in [0.25, 0.3) is 5.91 Å². The quantitative estimate of drug-likeness (QED) is 0.856. The van der Waals surface area contributed by atoms with E-state index in [0.717, 1.165) is 12.0 Å². The van der Waals surface area contributed by atoms with Crippen LogP contribution in [-0.4, -0.2) is 53.9 Å². The monoisotopic (exact) mass is 315 g/mol. The number of aryl methyl sites for hydroxylation is 1. The SMILES string of the molecule is Cc1ncc(N)cc1C(=O)N1CCSCC1S(C)(=O)=O. The van der Waals surface area contributed by atoms with Crippen LogP contribution in [0.4, 0.5) is 5.69 Å². The molecule has 0 bridgehead atoms. The maximum Gasteiger partial charge on any atom is 0.256 e. The van der Waals surface area contributed by atoms with Crippen molar-refractivity contribution in [2.45, 2.75) is 12.3 Å². The Balaban J connectivity index is 2.37. The van der Waals surface area contributed by atoms with Gasteiger partial charge in [-0.25, -0.2) is 8.42 Å². The molecule has 1 aromatic rings. The normalized spacial score (nSPS) is 19.9. The molecule has 1 aliphatic rings. The van der Waals surface area contributed by atoms with Crippen molar-refractivity contribution in [2.24, 2.45) is 0 Å². The van der Waals surface area contributed by atoms with Crippen LogP contribution in [0, 0.1) is 6.92 Å². The van der Waals surface area contributed by atoms with Crippen LogP contribution in [0.1, 0.15) is 16.1 Å². The first kappa shape index (κ1) is 15.1. The lowest BCUT2D eigenvalue weighted by molar-refractivity contribution is 0.0748. The Hall–Kier alpha value is -1.28. The van der Waals surface area contributed by atoms with E-state index in [1.54, 1.807) is 24.8 Å². The predicted octanol–water partition coefficient (Wildman–Crippen LogP) is 0.532. The van der Waals surface area contributed by atoms with E-state index in [2.05, 4.69) is 4.98 Å². The molecule has 2 N–H and O–H groups in total. The zero-order valence-corrected chi connectivity index (χ0v) is 13.0. The zero-order chi connectivity index (χ0) is 14.9. The van der Waals surface area contributed by atoms with E-state index in [9.17, 15) is 13.2 Å². The Bertz CT molecular complexity index is 631. The maximum atomic E-state index is 12.6. The van der Waals surface area contributed by atoms with E-state index >= 15 is 0 Å². The van der Waals surface area contributed by atoms with Crippen LogP contribution in [-0.2, 0) is 9.84 Å². The molecular weight excluding hydrogens is 298 g/mol. The summed E-state index contributed by atoms with van der Waals surface area (Å²) in [4.78, 5) is 18.1. The molecule has 1 amide bonds. The van der Waals surface area contributed by atoms with Gasteiger partial charge >= 0.3 is 0 Å². The van der Waals surface area contributed by atoms with Gasteiger partial charge in [-0.15, -0.1) is 0 Å². The third kappa shape index (κ3) is 3.06. The second kappa shape index (κ2) is 5.61. The van der Waals surface area contributed by atoms with Crippen molar-refractivity contribution in [3.8, 4) is 0 Å². The Morgan fingerprint density at radius 2 is 2.25 bits per heavy atom. The maximum absolute atomic E-state index is 12.6. The summed E-state index contributed by atoms with van der Waals surface area (Å²) in [6.45, 7) is 2.12. The molecule has 1 saturated heterocycles. The summed E-state index contributed by atoms with van der Waals surface area (Å²) in [6.07, 6.45) is 2.64. The molecule has 8 heteroatoms. The van der Waals surface area contributed by atoms with Crippen molar-refractivity contribution in [1.82, 2.24) is 9.88 Å². The molecule has 1 aromatic heterocycles. The van der Waals surface area contributed by atoms with Crippen molar-refractivity contribution in [3.63, 3.8) is 0 Å². The number of nitrogens with two attached hydrogens (primary N) is 1. The number of nitrogens with zero attached hydrogens (tertiary/aromatic N) is 2. The van der Waals surface area contributed by atoms with Crippen molar-refractivity contribution in [1.29, 1.82) is 0 Å². The van der Waals surface area contributed by atoms with Gasteiger partial charge in [-0.3, -0.25) is 9.78 Å². The highest BCUT2D eigenvalue weighted by Crippen LogP contribution is 2.23. The number of aromatic nitrogens is 1. The van der Waals surface area contributed by atoms with Gasteiger partial charge in [-0.05, 0) is 13.0 Å². The van der Waals surface area contributed by atoms with Crippen molar-refractivity contribution in [2.75, 3.05) is 30.0 Å². The van der Waals surface area contributed by atoms with E-state index in [4.69, 9.17) is 5.73 Å². The lowest BCUT2D eigenvalue weighted by Gasteiger charge is -2.34. The molecule has 2 heterocycles. The number of anilines is 1. The molecule has 0 saturated carbocycles. The molecular formula is C12H17N3O3S2. The highest BCUT2D eigenvalue weighted by atomic mass is 32.2. The van der Waals surface area contributed by atoms with Gasteiger partial charge < -0.3 is 10.6 Å². The van der Waals surface area contributed by atoms with Crippen LogP contribution in [0.3, 0.4) is 0 Å². The van der Waals surface area contributed by atoms with Crippen LogP contribution in [0.5, 0.6) is 0 Å². The van der Waals surface area contributed by atoms with Crippen LogP contribution >= 0.6 is 11.8 Å². The molecule has 0 spiro atoms. The first-order valence-electron chi connectivity index (χ1n) is 6.10. The Labute approximate surface area is 122 Å². The summed E-state index contributed by atoms with van der Waals surface area (Å²) in [5, 5.41) is -0.783. The fourth-order valence-electron chi connectivity index (χ4n) is 2.09. The van der Waals surface area contributed by atoms with Crippen molar-refractivity contribution in [3.05, 3.63) is 23.5 Å². The van der Waals surface area contributed by atoms with Gasteiger partial charge in [0.2, 0.25) is 0 Å². The molecule has 1 atom stereocenters. The first-order chi connectivity index (χ1) is 9.30. The summed E-state index contributed by atoms with van der Waals surface area (Å²) in [7, 11) is -3.32. The summed E-state index contributed by atoms with van der Waals surface area (Å²) in [5.41, 5.74) is 6.97. The minimum Gasteiger partial charge on any atom is -0.397 e. The molecule has 0 radical (unpaired) electrons. The standard InChI is InChI=1S/C12H17N3O3S2/c1-8-10(5-9(13)6-14-8)12(16)15-3-4-19-7-11(15)20(2,17)18/h5-6,11H,3-4,7,13H2,1-2H3. The average molecular weight is 315 g/mol. The number of hydrogen-bond acceptors (Lipinski definition) is 6. The van der Waals surface area contributed by atoms with Crippen LogP contribution in [0.25, 0.3) is 0 Å². The Morgan fingerprint density at radius 3 is 2.90 bits per heavy atom. The minimum absolute atomic E-state index is 0.321. The zero-order valence-electron chi connectivity index (χ0n) is 11.4. The molecule has 0 aliphatic carbocycles. The number of rotatable bonds is 2. The molecule has 1 unspecified atom stereocenters. The van der Waals surface area contributed by atoms with Crippen LogP contribution < -0.4 is 5.73 Å². The van der Waals surface area contributed by atoms with Crippen molar-refractivity contribution >= 4 is 33.2 Å². The van der Waals surface area contributed by atoms with Gasteiger partial charge in [0.05, 0.1) is 23.1 Å². The summed E-state index contributed by atoms with van der Waals surface area (Å²) in [6, 6.07) is 1.55. The number of sulfone groups is 1. The second-order valence-electron chi connectivity index (χ2n) is 4.76. The van der Waals surface area contributed by atoms with Gasteiger partial charge in [-0.1, -0.05) is 0 Å². The largest absolute Gasteiger partial charge is 0.397 e. The molecule has 0 aromatic carbocycles. The minimum atomic E-state index is -3.32. The Kier molecular flexibility index (Phi) is 4.24. The molecule has 6 nitrogen and oxygen atoms in total. The lowest BCUT2D eigenvalue weighted by atomic mass is 10.1. The smallest absolute Gasteiger partial charge is 0.256 e. The molecule has 1 fully saturated rings. The van der Waals surface area contributed by atoms with E-state index in [1.807, 2.05) is 0 Å². The third-order valence-corrected chi connectivity index (χ3v) is 5.82. The molecule has 1 aliphatic heterocycles. The third-order valence-electron chi connectivity index (χ3n) is 3.18. The number of carbonyl (C=O) groups is 1. The molecule has 2 rings (SSSR count). The van der Waals surface area contributed by atoms with Gasteiger partial charge in [-0.2, -0.15) is 11.8 Å². The van der Waals surface area contributed by atoms with Gasteiger partial charge in [0.1, 0.15) is 5.37 Å². The fraction of sp³-hybridized carbons (Fsp3) is 0.500. The topological polar surface area (TPSA) is 93.4 Å². The molecule has 110 valence electrons. The lowest BCUT2D eigenvalue weighted by Crippen LogP contribution is -2.50. The fourth-order valence-corrected chi connectivity index (χ4v) is 4.90. The first-order valence-corrected chi connectivity index (χ1v) is 9.21. The summed E-state index contributed by atoms with van der Waals surface area (Å²) < 4.78 is 23.7. The number of thioether (sulfide) groups is 1. The van der Waals surface area contributed by atoms with E-state index < -0.39 is 15.2 Å². The second-order valence-corrected chi connectivity index (χ2v) is 8.11. The van der Waals surface area contributed by atoms with Gasteiger partial charge in [0, 0.05) is 24.3 Å². The van der Waals surface area contributed by atoms with Crippen molar-refractivity contribution < 1.29 is 13.2 Å². The number of amides is 1. The summed E-state index contributed by atoms with van der Waals surface area (Å²) >= 11 is 1.54. The van der Waals surface area contributed by atoms with Crippen LogP contribution in [0.2, 0.25) is 0 Å². The highest BCUT2D eigenvalue weighted by Gasteiger charge is 2.35.